The predicted molar refractivity (Wildman–Crippen MR) is 83.2 cm³/mol. The fraction of sp³-hybridized carbons (Fsp3) is 0.643. The Kier molecular flexibility index (Phi) is 4.41. The van der Waals surface area contributed by atoms with E-state index in [9.17, 15) is 0 Å². The molecule has 1 aromatic rings. The molecule has 2 nitrogen and oxygen atoms in total. The first-order chi connectivity index (χ1) is 8.51. The highest BCUT2D eigenvalue weighted by Crippen LogP contribution is 2.49. The lowest BCUT2D eigenvalue weighted by Crippen LogP contribution is -2.36. The molecule has 0 amide bonds. The molecule has 1 atom stereocenters. The van der Waals surface area contributed by atoms with Gasteiger partial charge in [-0.05, 0) is 50.1 Å². The number of nitrogens with two attached hydrogens (primary N) is 1. The van der Waals surface area contributed by atoms with Crippen molar-refractivity contribution in [2.75, 3.05) is 13.6 Å². The van der Waals surface area contributed by atoms with Gasteiger partial charge in [0.25, 0.3) is 0 Å². The van der Waals surface area contributed by atoms with E-state index < -0.39 is 0 Å². The quantitative estimate of drug-likeness (QED) is 0.779. The normalized spacial score (nSPS) is 18.8. The number of hydrogen-bond donors (Lipinski definition) is 1. The molecular formula is C14H22N2S2. The number of rotatable bonds is 7. The van der Waals surface area contributed by atoms with Gasteiger partial charge in [0, 0.05) is 23.9 Å². The standard InChI is InChI=1S/C14H22N2S2/c1-11(8-12-4-3-7-18-12)16(2)10-14(5-6-14)9-13(15)17/h3-4,7,11H,5-6,8-10H2,1-2H3,(H2,15,17). The molecule has 18 heavy (non-hydrogen) atoms. The van der Waals surface area contributed by atoms with E-state index in [0.29, 0.717) is 16.4 Å². The van der Waals surface area contributed by atoms with Crippen LogP contribution in [-0.2, 0) is 6.42 Å². The number of nitrogens with zero attached hydrogens (tertiary/aromatic N) is 1. The summed E-state index contributed by atoms with van der Waals surface area (Å²) in [6.07, 6.45) is 4.61. The maximum atomic E-state index is 5.69. The number of hydrogen-bond acceptors (Lipinski definition) is 3. The first kappa shape index (κ1) is 14.0. The van der Waals surface area contributed by atoms with Crippen LogP contribution in [0.4, 0.5) is 0 Å². The van der Waals surface area contributed by atoms with Crippen molar-refractivity contribution in [1.82, 2.24) is 4.90 Å². The Bertz CT molecular complexity index is 396. The third kappa shape index (κ3) is 3.77. The summed E-state index contributed by atoms with van der Waals surface area (Å²) in [5.74, 6) is 0. The van der Waals surface area contributed by atoms with Gasteiger partial charge in [-0.25, -0.2) is 0 Å². The van der Waals surface area contributed by atoms with Gasteiger partial charge in [0.2, 0.25) is 0 Å². The lowest BCUT2D eigenvalue weighted by molar-refractivity contribution is 0.209. The van der Waals surface area contributed by atoms with Crippen molar-refractivity contribution in [2.24, 2.45) is 11.1 Å². The van der Waals surface area contributed by atoms with Crippen LogP contribution in [0.15, 0.2) is 17.5 Å². The minimum atomic E-state index is 0.393. The van der Waals surface area contributed by atoms with Gasteiger partial charge in [-0.1, -0.05) is 18.3 Å². The van der Waals surface area contributed by atoms with Crippen LogP contribution in [0.1, 0.15) is 31.1 Å². The predicted octanol–water partition coefficient (Wildman–Crippen LogP) is 3.07. The monoisotopic (exact) mass is 282 g/mol. The van der Waals surface area contributed by atoms with E-state index in [1.807, 2.05) is 11.3 Å². The van der Waals surface area contributed by atoms with Gasteiger partial charge in [-0.15, -0.1) is 11.3 Å². The highest BCUT2D eigenvalue weighted by Gasteiger charge is 2.44. The first-order valence-corrected chi connectivity index (χ1v) is 7.80. The van der Waals surface area contributed by atoms with E-state index in [1.54, 1.807) is 0 Å². The molecule has 1 fully saturated rings. The van der Waals surface area contributed by atoms with Crippen LogP contribution >= 0.6 is 23.6 Å². The second kappa shape index (κ2) is 5.68. The molecule has 0 radical (unpaired) electrons. The summed E-state index contributed by atoms with van der Waals surface area (Å²) in [6, 6.07) is 4.92. The smallest absolute Gasteiger partial charge is 0.0733 e. The Morgan fingerprint density at radius 2 is 2.33 bits per heavy atom. The van der Waals surface area contributed by atoms with Gasteiger partial charge in [-0.2, -0.15) is 0 Å². The van der Waals surface area contributed by atoms with Crippen molar-refractivity contribution in [2.45, 2.75) is 38.6 Å². The molecule has 0 aliphatic heterocycles. The van der Waals surface area contributed by atoms with Crippen LogP contribution in [-0.4, -0.2) is 29.5 Å². The van der Waals surface area contributed by atoms with Crippen molar-refractivity contribution in [3.8, 4) is 0 Å². The van der Waals surface area contributed by atoms with Crippen molar-refractivity contribution in [1.29, 1.82) is 0 Å². The van der Waals surface area contributed by atoms with Gasteiger partial charge < -0.3 is 10.6 Å². The van der Waals surface area contributed by atoms with Crippen LogP contribution in [0.5, 0.6) is 0 Å². The molecular weight excluding hydrogens is 260 g/mol. The Labute approximate surface area is 119 Å². The second-order valence-corrected chi connectivity index (χ2v) is 7.25. The summed E-state index contributed by atoms with van der Waals surface area (Å²) in [7, 11) is 2.22. The first-order valence-electron chi connectivity index (χ1n) is 6.52. The molecule has 2 N–H and O–H groups in total. The van der Waals surface area contributed by atoms with E-state index in [4.69, 9.17) is 18.0 Å². The highest BCUT2D eigenvalue weighted by atomic mass is 32.1. The molecule has 1 aliphatic carbocycles. The van der Waals surface area contributed by atoms with Gasteiger partial charge >= 0.3 is 0 Å². The maximum absolute atomic E-state index is 5.69. The maximum Gasteiger partial charge on any atom is 0.0733 e. The fourth-order valence-corrected chi connectivity index (χ4v) is 3.63. The molecule has 0 saturated heterocycles. The molecule has 1 aliphatic rings. The third-order valence-electron chi connectivity index (χ3n) is 3.92. The van der Waals surface area contributed by atoms with Gasteiger partial charge in [0.1, 0.15) is 0 Å². The molecule has 2 rings (SSSR count). The average molecular weight is 282 g/mol. The van der Waals surface area contributed by atoms with Crippen LogP contribution < -0.4 is 5.73 Å². The molecule has 1 heterocycles. The zero-order chi connectivity index (χ0) is 13.2. The minimum absolute atomic E-state index is 0.393. The largest absolute Gasteiger partial charge is 0.393 e. The van der Waals surface area contributed by atoms with Crippen LogP contribution in [0.3, 0.4) is 0 Å². The molecule has 0 bridgehead atoms. The van der Waals surface area contributed by atoms with E-state index >= 15 is 0 Å². The van der Waals surface area contributed by atoms with E-state index in [-0.39, 0.29) is 0 Å². The van der Waals surface area contributed by atoms with Gasteiger partial charge in [-0.3, -0.25) is 0 Å². The molecule has 0 aromatic carbocycles. The lowest BCUT2D eigenvalue weighted by atomic mass is 10.0. The number of likely N-dealkylation sites (N-methyl/N-ethyl adjacent to an activating group) is 1. The Balaban J connectivity index is 1.84. The van der Waals surface area contributed by atoms with Crippen molar-refractivity contribution in [3.63, 3.8) is 0 Å². The summed E-state index contributed by atoms with van der Waals surface area (Å²) in [4.78, 5) is 4.60. The minimum Gasteiger partial charge on any atom is -0.393 e. The molecule has 1 aromatic heterocycles. The van der Waals surface area contributed by atoms with E-state index in [1.165, 1.54) is 17.7 Å². The second-order valence-electron chi connectivity index (χ2n) is 5.69. The summed E-state index contributed by atoms with van der Waals surface area (Å²) < 4.78 is 0. The Hall–Kier alpha value is -0.450. The Morgan fingerprint density at radius 3 is 2.83 bits per heavy atom. The number of thiocarbonyl (C=S) groups is 1. The van der Waals surface area contributed by atoms with Crippen molar-refractivity contribution in [3.05, 3.63) is 22.4 Å². The van der Waals surface area contributed by atoms with Gasteiger partial charge in [0.15, 0.2) is 0 Å². The fourth-order valence-electron chi connectivity index (χ4n) is 2.50. The topological polar surface area (TPSA) is 29.3 Å². The molecule has 1 unspecified atom stereocenters. The molecule has 4 heteroatoms. The van der Waals surface area contributed by atoms with Crippen molar-refractivity contribution < 1.29 is 0 Å². The van der Waals surface area contributed by atoms with Crippen LogP contribution in [0.2, 0.25) is 0 Å². The molecule has 100 valence electrons. The third-order valence-corrected chi connectivity index (χ3v) is 4.96. The SMILES string of the molecule is CC(Cc1cccs1)N(C)CC1(CC(N)=S)CC1. The molecule has 0 spiro atoms. The summed E-state index contributed by atoms with van der Waals surface area (Å²) in [6.45, 7) is 3.42. The van der Waals surface area contributed by atoms with Crippen LogP contribution in [0, 0.1) is 5.41 Å². The number of thiophene rings is 1. The van der Waals surface area contributed by atoms with Gasteiger partial charge in [0.05, 0.1) is 4.99 Å². The average Bonchev–Trinajstić information content (AvgIpc) is 2.83. The van der Waals surface area contributed by atoms with E-state index in [2.05, 4.69) is 36.4 Å². The summed E-state index contributed by atoms with van der Waals surface area (Å²) >= 11 is 6.90. The Morgan fingerprint density at radius 1 is 1.61 bits per heavy atom. The zero-order valence-electron chi connectivity index (χ0n) is 11.2. The lowest BCUT2D eigenvalue weighted by Gasteiger charge is -2.28. The highest BCUT2D eigenvalue weighted by molar-refractivity contribution is 7.80. The van der Waals surface area contributed by atoms with Crippen molar-refractivity contribution >= 4 is 28.5 Å². The zero-order valence-corrected chi connectivity index (χ0v) is 12.8. The summed E-state index contributed by atoms with van der Waals surface area (Å²) in [5.41, 5.74) is 6.09. The van der Waals surface area contributed by atoms with E-state index in [0.717, 1.165) is 19.4 Å². The molecule has 1 saturated carbocycles. The summed E-state index contributed by atoms with van der Waals surface area (Å²) in [5, 5.41) is 2.15. The van der Waals surface area contributed by atoms with Crippen LogP contribution in [0.25, 0.3) is 0 Å².